The third-order valence-electron chi connectivity index (χ3n) is 2.30. The van der Waals surface area contributed by atoms with Gasteiger partial charge in [0.2, 0.25) is 0 Å². The molecule has 0 saturated carbocycles. The van der Waals surface area contributed by atoms with Crippen molar-refractivity contribution in [2.24, 2.45) is 0 Å². The minimum absolute atomic E-state index is 0.114. The Bertz CT molecular complexity index is 499. The van der Waals surface area contributed by atoms with E-state index in [1.807, 2.05) is 6.92 Å². The number of rotatable bonds is 5. The number of hydrogen-bond acceptors (Lipinski definition) is 5. The molecule has 0 aliphatic rings. The summed E-state index contributed by atoms with van der Waals surface area (Å²) in [4.78, 5) is 11.7. The Morgan fingerprint density at radius 2 is 2.22 bits per heavy atom. The fourth-order valence-corrected chi connectivity index (χ4v) is 1.43. The van der Waals surface area contributed by atoms with Crippen LogP contribution >= 0.6 is 0 Å². The van der Waals surface area contributed by atoms with Gasteiger partial charge in [-0.25, -0.2) is 23.7 Å². The number of hydrogen-bond donors (Lipinski definition) is 2. The zero-order valence-corrected chi connectivity index (χ0v) is 9.69. The third-order valence-corrected chi connectivity index (χ3v) is 2.30. The van der Waals surface area contributed by atoms with Gasteiger partial charge in [-0.2, -0.15) is 5.10 Å². The summed E-state index contributed by atoms with van der Waals surface area (Å²) in [6.45, 7) is 2.89. The molecule has 0 aromatic carbocycles. The van der Waals surface area contributed by atoms with Crippen molar-refractivity contribution in [3.63, 3.8) is 0 Å². The van der Waals surface area contributed by atoms with Crippen LogP contribution in [0.4, 0.5) is 8.78 Å². The van der Waals surface area contributed by atoms with Crippen molar-refractivity contribution in [1.29, 1.82) is 0 Å². The number of nitrogens with zero attached hydrogens (tertiary/aromatic N) is 4. The topological polar surface area (TPSA) is 79.4 Å². The van der Waals surface area contributed by atoms with Crippen LogP contribution in [-0.4, -0.2) is 31.7 Å². The first-order chi connectivity index (χ1) is 8.72. The van der Waals surface area contributed by atoms with Crippen molar-refractivity contribution in [2.45, 2.75) is 19.9 Å². The van der Waals surface area contributed by atoms with Crippen LogP contribution in [0.25, 0.3) is 11.6 Å². The molecule has 6 nitrogen and oxygen atoms in total. The van der Waals surface area contributed by atoms with E-state index in [-0.39, 0.29) is 17.3 Å². The van der Waals surface area contributed by atoms with Gasteiger partial charge in [0.1, 0.15) is 12.0 Å². The summed E-state index contributed by atoms with van der Waals surface area (Å²) in [7, 11) is 0. The number of aromatic amines is 1. The van der Waals surface area contributed by atoms with Crippen LogP contribution in [0.2, 0.25) is 0 Å². The fourth-order valence-electron chi connectivity index (χ4n) is 1.43. The van der Waals surface area contributed by atoms with Crippen LogP contribution in [-0.2, 0) is 6.54 Å². The monoisotopic (exact) mass is 254 g/mol. The van der Waals surface area contributed by atoms with Gasteiger partial charge in [0.15, 0.2) is 11.6 Å². The summed E-state index contributed by atoms with van der Waals surface area (Å²) < 4.78 is 25.8. The number of halogens is 2. The van der Waals surface area contributed by atoms with E-state index < -0.39 is 6.43 Å². The first-order valence-corrected chi connectivity index (χ1v) is 5.42. The molecule has 2 rings (SSSR count). The highest BCUT2D eigenvalue weighted by atomic mass is 19.3. The van der Waals surface area contributed by atoms with E-state index in [2.05, 4.69) is 30.5 Å². The third kappa shape index (κ3) is 2.65. The van der Waals surface area contributed by atoms with E-state index in [1.54, 1.807) is 0 Å². The van der Waals surface area contributed by atoms with E-state index >= 15 is 0 Å². The van der Waals surface area contributed by atoms with Crippen molar-refractivity contribution in [3.05, 3.63) is 23.8 Å². The number of nitrogens with one attached hydrogen (secondary N) is 2. The maximum absolute atomic E-state index is 12.9. The molecule has 0 radical (unpaired) electrons. The van der Waals surface area contributed by atoms with Crippen molar-refractivity contribution in [3.8, 4) is 11.6 Å². The number of alkyl halides is 2. The van der Waals surface area contributed by atoms with Gasteiger partial charge >= 0.3 is 0 Å². The predicted molar refractivity (Wildman–Crippen MR) is 59.7 cm³/mol. The van der Waals surface area contributed by atoms with Crippen LogP contribution in [0.5, 0.6) is 0 Å². The van der Waals surface area contributed by atoms with Crippen molar-refractivity contribution < 1.29 is 8.78 Å². The average molecular weight is 254 g/mol. The molecule has 0 aliphatic carbocycles. The Kier molecular flexibility index (Phi) is 3.88. The predicted octanol–water partition coefficient (Wildman–Crippen LogP) is 1.31. The van der Waals surface area contributed by atoms with Crippen molar-refractivity contribution in [2.75, 3.05) is 6.54 Å². The lowest BCUT2D eigenvalue weighted by molar-refractivity contribution is 0.144. The highest BCUT2D eigenvalue weighted by molar-refractivity contribution is 5.42. The van der Waals surface area contributed by atoms with Crippen LogP contribution in [0.15, 0.2) is 12.5 Å². The van der Waals surface area contributed by atoms with E-state index in [0.29, 0.717) is 18.7 Å². The van der Waals surface area contributed by atoms with E-state index in [9.17, 15) is 8.78 Å². The van der Waals surface area contributed by atoms with Gasteiger partial charge in [-0.05, 0) is 6.54 Å². The van der Waals surface area contributed by atoms with E-state index in [4.69, 9.17) is 0 Å². The summed E-state index contributed by atoms with van der Waals surface area (Å²) in [5.41, 5.74) is 0.104. The summed E-state index contributed by atoms with van der Waals surface area (Å²) in [6, 6.07) is 0. The lowest BCUT2D eigenvalue weighted by Crippen LogP contribution is -2.15. The van der Waals surface area contributed by atoms with Gasteiger partial charge in [0.05, 0.1) is 0 Å². The summed E-state index contributed by atoms with van der Waals surface area (Å²) in [6.07, 6.45) is 0.00536. The molecular formula is C10H12F2N6. The maximum atomic E-state index is 12.9. The lowest BCUT2D eigenvalue weighted by Gasteiger charge is -2.08. The van der Waals surface area contributed by atoms with Gasteiger partial charge < -0.3 is 5.32 Å². The first kappa shape index (κ1) is 12.5. The number of aromatic nitrogens is 5. The molecule has 0 atom stereocenters. The molecular weight excluding hydrogens is 242 g/mol. The van der Waals surface area contributed by atoms with Crippen molar-refractivity contribution in [1.82, 2.24) is 30.5 Å². The molecule has 0 fully saturated rings. The van der Waals surface area contributed by atoms with E-state index in [1.165, 1.54) is 12.5 Å². The molecule has 0 bridgehead atoms. The molecule has 2 aromatic heterocycles. The molecule has 0 aliphatic heterocycles. The zero-order valence-electron chi connectivity index (χ0n) is 9.69. The molecule has 0 unspecified atom stereocenters. The fraction of sp³-hybridized carbons (Fsp3) is 0.400. The minimum Gasteiger partial charge on any atom is -0.313 e. The summed E-state index contributed by atoms with van der Waals surface area (Å²) in [5, 5.41) is 9.13. The largest absolute Gasteiger partial charge is 0.313 e. The second-order valence-corrected chi connectivity index (χ2v) is 3.52. The van der Waals surface area contributed by atoms with Crippen LogP contribution in [0.3, 0.4) is 0 Å². The molecule has 18 heavy (non-hydrogen) atoms. The Morgan fingerprint density at radius 1 is 1.39 bits per heavy atom. The number of H-pyrrole nitrogens is 1. The molecule has 2 N–H and O–H groups in total. The normalized spacial score (nSPS) is 11.1. The van der Waals surface area contributed by atoms with Gasteiger partial charge in [-0.15, -0.1) is 0 Å². The highest BCUT2D eigenvalue weighted by Crippen LogP contribution is 2.22. The van der Waals surface area contributed by atoms with Crippen LogP contribution in [0, 0.1) is 0 Å². The Morgan fingerprint density at radius 3 is 2.83 bits per heavy atom. The summed E-state index contributed by atoms with van der Waals surface area (Å²) >= 11 is 0. The second kappa shape index (κ2) is 5.58. The average Bonchev–Trinajstić information content (AvgIpc) is 2.90. The quantitative estimate of drug-likeness (QED) is 0.841. The highest BCUT2D eigenvalue weighted by Gasteiger charge is 2.17. The summed E-state index contributed by atoms with van der Waals surface area (Å²) in [5.74, 6) is 0.384. The van der Waals surface area contributed by atoms with Crippen LogP contribution < -0.4 is 5.32 Å². The lowest BCUT2D eigenvalue weighted by atomic mass is 10.2. The first-order valence-electron chi connectivity index (χ1n) is 5.42. The minimum atomic E-state index is -2.65. The second-order valence-electron chi connectivity index (χ2n) is 3.52. The molecule has 2 aromatic rings. The maximum Gasteiger partial charge on any atom is 0.280 e. The van der Waals surface area contributed by atoms with Gasteiger partial charge in [-0.1, -0.05) is 6.92 Å². The SMILES string of the molecule is CCNCc1cnc(-c2ncn[nH]2)nc1C(F)F. The van der Waals surface area contributed by atoms with E-state index in [0.717, 1.165) is 0 Å². The van der Waals surface area contributed by atoms with Crippen LogP contribution in [0.1, 0.15) is 24.6 Å². The zero-order chi connectivity index (χ0) is 13.0. The smallest absolute Gasteiger partial charge is 0.280 e. The Balaban J connectivity index is 2.34. The Labute approximate surface area is 102 Å². The molecule has 8 heteroatoms. The molecule has 96 valence electrons. The Hall–Kier alpha value is -1.96. The van der Waals surface area contributed by atoms with Gasteiger partial charge in [0.25, 0.3) is 6.43 Å². The molecule has 0 saturated heterocycles. The molecule has 2 heterocycles. The molecule has 0 amide bonds. The standard InChI is InChI=1S/C10H12F2N6/c1-2-13-3-6-4-14-9(10-15-5-16-18-10)17-7(6)8(11)12/h4-5,8,13H,2-3H2,1H3,(H,15,16,18). The van der Waals surface area contributed by atoms with Gasteiger partial charge in [-0.3, -0.25) is 5.10 Å². The van der Waals surface area contributed by atoms with Gasteiger partial charge in [0, 0.05) is 18.3 Å². The van der Waals surface area contributed by atoms with Crippen molar-refractivity contribution >= 4 is 0 Å². The molecule has 0 spiro atoms.